The fourth-order valence-electron chi connectivity index (χ4n) is 3.54. The second-order valence-corrected chi connectivity index (χ2v) is 10.3. The van der Waals surface area contributed by atoms with Crippen LogP contribution in [0.4, 0.5) is 5.82 Å². The van der Waals surface area contributed by atoms with Gasteiger partial charge in [-0.05, 0) is 56.5 Å². The quantitative estimate of drug-likeness (QED) is 0.566. The number of hydrogen-bond acceptors (Lipinski definition) is 8. The number of anilines is 1. The predicted molar refractivity (Wildman–Crippen MR) is 121 cm³/mol. The van der Waals surface area contributed by atoms with Crippen molar-refractivity contribution in [2.75, 3.05) is 18.6 Å². The van der Waals surface area contributed by atoms with Crippen molar-refractivity contribution in [1.82, 2.24) is 9.97 Å². The summed E-state index contributed by atoms with van der Waals surface area (Å²) in [5, 5.41) is -1.15. The van der Waals surface area contributed by atoms with Gasteiger partial charge in [-0.2, -0.15) is 0 Å². The highest BCUT2D eigenvalue weighted by Gasteiger charge is 2.43. The summed E-state index contributed by atoms with van der Waals surface area (Å²) >= 11 is 0. The van der Waals surface area contributed by atoms with Crippen LogP contribution in [0.2, 0.25) is 0 Å². The average Bonchev–Trinajstić information content (AvgIpc) is 3.60. The molecule has 0 spiro atoms. The van der Waals surface area contributed by atoms with Gasteiger partial charge in [0, 0.05) is 25.6 Å². The molecule has 1 saturated carbocycles. The SMILES string of the molecule is COC[C@H](C)Oc1cc(C)cc(OC2=CN(c3cnccn3)C(S(=O)(=O)C3CC3)C=C2)c1. The van der Waals surface area contributed by atoms with Crippen molar-refractivity contribution in [2.24, 2.45) is 0 Å². The number of rotatable bonds is 9. The first kappa shape index (κ1) is 22.3. The molecule has 0 bridgehead atoms. The molecule has 1 aliphatic heterocycles. The van der Waals surface area contributed by atoms with E-state index in [1.165, 1.54) is 6.20 Å². The number of allylic oxidation sites excluding steroid dienone is 1. The second kappa shape index (κ2) is 9.30. The molecule has 170 valence electrons. The standard InChI is InChI=1S/C23H27N3O5S/c1-16-10-19(30-17(2)15-29-3)12-20(11-16)31-18-4-7-23(32(27,28)21-5-6-21)26(14-18)22-13-24-8-9-25-22/h4,7-14,17,21,23H,5-6,15H2,1-3H3/t17-,23?/m0/s1. The summed E-state index contributed by atoms with van der Waals surface area (Å²) in [6.45, 7) is 4.36. The van der Waals surface area contributed by atoms with Gasteiger partial charge in [0.1, 0.15) is 23.4 Å². The molecule has 0 saturated heterocycles. The van der Waals surface area contributed by atoms with E-state index in [-0.39, 0.29) is 11.4 Å². The topological polar surface area (TPSA) is 90.8 Å². The lowest BCUT2D eigenvalue weighted by atomic mass is 10.2. The van der Waals surface area contributed by atoms with Crippen LogP contribution in [0.15, 0.2) is 60.9 Å². The van der Waals surface area contributed by atoms with Gasteiger partial charge in [0.15, 0.2) is 21.0 Å². The van der Waals surface area contributed by atoms with Crippen LogP contribution < -0.4 is 14.4 Å². The van der Waals surface area contributed by atoms with E-state index in [1.807, 2.05) is 26.0 Å². The fourth-order valence-corrected chi connectivity index (χ4v) is 5.52. The van der Waals surface area contributed by atoms with Crippen molar-refractivity contribution >= 4 is 15.7 Å². The zero-order valence-electron chi connectivity index (χ0n) is 18.3. The van der Waals surface area contributed by atoms with Crippen molar-refractivity contribution in [2.45, 2.75) is 43.4 Å². The maximum Gasteiger partial charge on any atom is 0.178 e. The van der Waals surface area contributed by atoms with Crippen LogP contribution in [0.25, 0.3) is 0 Å². The van der Waals surface area contributed by atoms with E-state index in [0.29, 0.717) is 42.5 Å². The van der Waals surface area contributed by atoms with Gasteiger partial charge in [0.05, 0.1) is 24.3 Å². The molecular formula is C23H27N3O5S. The van der Waals surface area contributed by atoms with Gasteiger partial charge < -0.3 is 19.1 Å². The Balaban J connectivity index is 1.60. The summed E-state index contributed by atoms with van der Waals surface area (Å²) in [5.74, 6) is 2.18. The van der Waals surface area contributed by atoms with E-state index in [0.717, 1.165) is 5.56 Å². The van der Waals surface area contributed by atoms with Crippen LogP contribution in [-0.4, -0.2) is 48.8 Å². The lowest BCUT2D eigenvalue weighted by molar-refractivity contribution is 0.0919. The fraction of sp³-hybridized carbons (Fsp3) is 0.391. The van der Waals surface area contributed by atoms with E-state index in [2.05, 4.69) is 9.97 Å². The lowest BCUT2D eigenvalue weighted by Crippen LogP contribution is -2.40. The van der Waals surface area contributed by atoms with E-state index in [9.17, 15) is 8.42 Å². The number of nitrogens with zero attached hydrogens (tertiary/aromatic N) is 3. The van der Waals surface area contributed by atoms with Gasteiger partial charge in [0.2, 0.25) is 0 Å². The zero-order valence-corrected chi connectivity index (χ0v) is 19.2. The van der Waals surface area contributed by atoms with Gasteiger partial charge in [-0.1, -0.05) is 0 Å². The first-order valence-corrected chi connectivity index (χ1v) is 12.1. The third-order valence-corrected chi connectivity index (χ3v) is 7.56. The number of aromatic nitrogens is 2. The molecule has 1 aromatic heterocycles. The van der Waals surface area contributed by atoms with Crippen LogP contribution in [0.1, 0.15) is 25.3 Å². The Morgan fingerprint density at radius 1 is 1.19 bits per heavy atom. The molecule has 2 aliphatic rings. The molecule has 0 radical (unpaired) electrons. The minimum absolute atomic E-state index is 0.107. The minimum atomic E-state index is -3.38. The molecule has 1 aliphatic carbocycles. The Labute approximate surface area is 188 Å². The second-order valence-electron chi connectivity index (χ2n) is 8.01. The van der Waals surface area contributed by atoms with E-state index >= 15 is 0 Å². The Kier molecular flexibility index (Phi) is 6.48. The molecule has 9 heteroatoms. The van der Waals surface area contributed by atoms with Crippen molar-refractivity contribution < 1.29 is 22.6 Å². The molecule has 0 amide bonds. The van der Waals surface area contributed by atoms with Gasteiger partial charge in [-0.3, -0.25) is 4.98 Å². The highest BCUT2D eigenvalue weighted by molar-refractivity contribution is 7.93. The van der Waals surface area contributed by atoms with Gasteiger partial charge in [0.25, 0.3) is 0 Å². The number of sulfone groups is 1. The van der Waals surface area contributed by atoms with Crippen LogP contribution in [0.5, 0.6) is 11.5 Å². The number of methoxy groups -OCH3 is 1. The van der Waals surface area contributed by atoms with Crippen molar-refractivity contribution in [3.63, 3.8) is 0 Å². The maximum absolute atomic E-state index is 13.0. The van der Waals surface area contributed by atoms with Crippen LogP contribution >= 0.6 is 0 Å². The molecule has 2 atom stereocenters. The van der Waals surface area contributed by atoms with Gasteiger partial charge in [-0.25, -0.2) is 13.4 Å². The van der Waals surface area contributed by atoms with Crippen molar-refractivity contribution in [1.29, 1.82) is 0 Å². The monoisotopic (exact) mass is 457 g/mol. The lowest BCUT2D eigenvalue weighted by Gasteiger charge is -2.30. The van der Waals surface area contributed by atoms with Gasteiger partial charge >= 0.3 is 0 Å². The Bertz CT molecular complexity index is 1110. The molecule has 2 aromatic rings. The van der Waals surface area contributed by atoms with Crippen LogP contribution in [0, 0.1) is 6.92 Å². The van der Waals surface area contributed by atoms with E-state index in [4.69, 9.17) is 14.2 Å². The largest absolute Gasteiger partial charge is 0.488 e. The summed E-state index contributed by atoms with van der Waals surface area (Å²) < 4.78 is 43.1. The molecule has 0 N–H and O–H groups in total. The first-order valence-electron chi connectivity index (χ1n) is 10.5. The maximum atomic E-state index is 13.0. The number of ether oxygens (including phenoxy) is 3. The molecular weight excluding hydrogens is 430 g/mol. The van der Waals surface area contributed by atoms with Crippen LogP contribution in [-0.2, 0) is 14.6 Å². The average molecular weight is 458 g/mol. The summed E-state index contributed by atoms with van der Waals surface area (Å²) in [6, 6.07) is 5.62. The Hall–Kier alpha value is -2.91. The number of benzene rings is 1. The minimum Gasteiger partial charge on any atom is -0.488 e. The first-order chi connectivity index (χ1) is 15.4. The summed E-state index contributed by atoms with van der Waals surface area (Å²) in [4.78, 5) is 9.99. The highest BCUT2D eigenvalue weighted by atomic mass is 32.2. The summed E-state index contributed by atoms with van der Waals surface area (Å²) in [5.41, 5.74) is 0.975. The molecule has 32 heavy (non-hydrogen) atoms. The van der Waals surface area contributed by atoms with Crippen molar-refractivity contribution in [3.8, 4) is 11.5 Å². The van der Waals surface area contributed by atoms with Crippen molar-refractivity contribution in [3.05, 3.63) is 66.5 Å². The molecule has 2 heterocycles. The normalized spacial score (nSPS) is 19.4. The van der Waals surface area contributed by atoms with E-state index < -0.39 is 15.2 Å². The Morgan fingerprint density at radius 3 is 2.66 bits per heavy atom. The third kappa shape index (κ3) is 5.11. The molecule has 4 rings (SSSR count). The number of aryl methyl sites for hydroxylation is 1. The highest BCUT2D eigenvalue weighted by Crippen LogP contribution is 2.36. The van der Waals surface area contributed by atoms with E-state index in [1.54, 1.807) is 48.8 Å². The third-order valence-electron chi connectivity index (χ3n) is 5.10. The molecule has 1 unspecified atom stereocenters. The molecule has 8 nitrogen and oxygen atoms in total. The van der Waals surface area contributed by atoms with Gasteiger partial charge in [-0.15, -0.1) is 0 Å². The summed E-state index contributed by atoms with van der Waals surface area (Å²) in [6.07, 6.45) is 10.9. The summed E-state index contributed by atoms with van der Waals surface area (Å²) in [7, 11) is -1.74. The smallest absolute Gasteiger partial charge is 0.178 e. The molecule has 1 aromatic carbocycles. The Morgan fingerprint density at radius 2 is 1.97 bits per heavy atom. The number of hydrogen-bond donors (Lipinski definition) is 0. The van der Waals surface area contributed by atoms with Crippen LogP contribution in [0.3, 0.4) is 0 Å². The predicted octanol–water partition coefficient (Wildman–Crippen LogP) is 3.40. The molecule has 1 fully saturated rings. The zero-order chi connectivity index (χ0) is 22.7.